The van der Waals surface area contributed by atoms with E-state index in [4.69, 9.17) is 0 Å². The minimum atomic E-state index is -3.43. The molecule has 5 heteroatoms. The maximum atomic E-state index is 11.0. The topological polar surface area (TPSA) is 60.4 Å². The van der Waals surface area contributed by atoms with Gasteiger partial charge in [0.05, 0.1) is 12.4 Å². The van der Waals surface area contributed by atoms with Gasteiger partial charge in [0.1, 0.15) is 0 Å². The smallest absolute Gasteiger partial charge is 0.267 e. The number of hydrogen-bond donors (Lipinski definition) is 0. The average Bonchev–Trinajstić information content (AvgIpc) is 2.03. The Morgan fingerprint density at radius 2 is 2.00 bits per heavy atom. The summed E-state index contributed by atoms with van der Waals surface area (Å²) < 4.78 is 26.7. The first kappa shape index (κ1) is 13.3. The summed E-state index contributed by atoms with van der Waals surface area (Å²) in [6.07, 6.45) is 0.578. The zero-order valence-electron chi connectivity index (χ0n) is 8.58. The lowest BCUT2D eigenvalue weighted by atomic mass is 10.2. The minimum absolute atomic E-state index is 0.00569. The quantitative estimate of drug-likeness (QED) is 0.479. The molecule has 0 saturated carbocycles. The summed E-state index contributed by atoms with van der Waals surface area (Å²) in [6.45, 7) is 6.70. The third-order valence-corrected chi connectivity index (χ3v) is 2.96. The molecular weight excluding hydrogens is 204 g/mol. The van der Waals surface area contributed by atoms with Gasteiger partial charge >= 0.3 is 0 Å². The standard InChI is InChI=1S/C9H16O4S/c1-4-7-14(11,12)13-6-5-9(10)8(2)3/h2,4-7H2,1,3H3. The lowest BCUT2D eigenvalue weighted by Gasteiger charge is -2.03. The third-order valence-electron chi connectivity index (χ3n) is 1.52. The molecule has 0 N–H and O–H groups in total. The Labute approximate surface area is 85.1 Å². The monoisotopic (exact) mass is 220 g/mol. The first-order valence-corrected chi connectivity index (χ1v) is 6.02. The van der Waals surface area contributed by atoms with Crippen LogP contribution < -0.4 is 0 Å². The van der Waals surface area contributed by atoms with Crippen LogP contribution in [-0.4, -0.2) is 26.6 Å². The fourth-order valence-electron chi connectivity index (χ4n) is 0.784. The molecule has 4 nitrogen and oxygen atoms in total. The molecule has 0 saturated heterocycles. The molecule has 14 heavy (non-hydrogen) atoms. The molecule has 0 aromatic heterocycles. The van der Waals surface area contributed by atoms with E-state index in [0.29, 0.717) is 12.0 Å². The number of carbonyl (C=O) groups excluding carboxylic acids is 1. The van der Waals surface area contributed by atoms with Crippen molar-refractivity contribution in [3.8, 4) is 0 Å². The van der Waals surface area contributed by atoms with E-state index in [1.165, 1.54) is 0 Å². The van der Waals surface area contributed by atoms with Crippen LogP contribution in [0.2, 0.25) is 0 Å². The van der Waals surface area contributed by atoms with Gasteiger partial charge < -0.3 is 0 Å². The molecule has 0 radical (unpaired) electrons. The highest BCUT2D eigenvalue weighted by Gasteiger charge is 2.10. The average molecular weight is 220 g/mol. The van der Waals surface area contributed by atoms with E-state index >= 15 is 0 Å². The summed E-state index contributed by atoms with van der Waals surface area (Å²) in [5, 5.41) is 0. The van der Waals surface area contributed by atoms with Gasteiger partial charge in [-0.15, -0.1) is 0 Å². The van der Waals surface area contributed by atoms with Crippen molar-refractivity contribution >= 4 is 15.9 Å². The van der Waals surface area contributed by atoms with Gasteiger partial charge in [-0.25, -0.2) is 0 Å². The lowest BCUT2D eigenvalue weighted by molar-refractivity contribution is -0.115. The lowest BCUT2D eigenvalue weighted by Crippen LogP contribution is -2.13. The van der Waals surface area contributed by atoms with E-state index in [0.717, 1.165) is 0 Å². The highest BCUT2D eigenvalue weighted by molar-refractivity contribution is 7.86. The second-order valence-corrected chi connectivity index (χ2v) is 4.80. The van der Waals surface area contributed by atoms with Crippen molar-refractivity contribution in [1.29, 1.82) is 0 Å². The molecule has 0 atom stereocenters. The molecular formula is C9H16O4S. The normalized spacial score (nSPS) is 11.3. The molecule has 82 valence electrons. The van der Waals surface area contributed by atoms with Gasteiger partial charge in [-0.05, 0) is 18.9 Å². The maximum absolute atomic E-state index is 11.0. The predicted molar refractivity (Wildman–Crippen MR) is 54.5 cm³/mol. The molecule has 0 rings (SSSR count). The van der Waals surface area contributed by atoms with Crippen LogP contribution in [-0.2, 0) is 19.1 Å². The van der Waals surface area contributed by atoms with Crippen LogP contribution >= 0.6 is 0 Å². The SMILES string of the molecule is C=C(C)C(=O)CCOS(=O)(=O)CCC. The number of rotatable bonds is 7. The molecule has 0 unspecified atom stereocenters. The Hall–Kier alpha value is -0.680. The van der Waals surface area contributed by atoms with Crippen LogP contribution in [0.4, 0.5) is 0 Å². The van der Waals surface area contributed by atoms with Gasteiger partial charge in [-0.3, -0.25) is 8.98 Å². The van der Waals surface area contributed by atoms with Crippen molar-refractivity contribution in [2.45, 2.75) is 26.7 Å². The Balaban J connectivity index is 3.86. The fourth-order valence-corrected chi connectivity index (χ4v) is 1.74. The minimum Gasteiger partial charge on any atom is -0.294 e. The van der Waals surface area contributed by atoms with Crippen molar-refractivity contribution in [2.75, 3.05) is 12.4 Å². The van der Waals surface area contributed by atoms with Crippen LogP contribution in [0.3, 0.4) is 0 Å². The zero-order valence-corrected chi connectivity index (χ0v) is 9.39. The summed E-state index contributed by atoms with van der Waals surface area (Å²) in [5.41, 5.74) is 0.418. The van der Waals surface area contributed by atoms with Crippen molar-refractivity contribution in [3.63, 3.8) is 0 Å². The Bertz CT molecular complexity index is 303. The molecule has 0 aromatic rings. The maximum Gasteiger partial charge on any atom is 0.267 e. The number of hydrogen-bond acceptors (Lipinski definition) is 4. The molecule has 0 spiro atoms. The predicted octanol–water partition coefficient (Wildman–Crippen LogP) is 1.28. The van der Waals surface area contributed by atoms with Gasteiger partial charge in [0, 0.05) is 6.42 Å². The molecule has 0 aliphatic carbocycles. The van der Waals surface area contributed by atoms with E-state index < -0.39 is 10.1 Å². The third kappa shape index (κ3) is 5.88. The van der Waals surface area contributed by atoms with E-state index in [1.54, 1.807) is 13.8 Å². The summed E-state index contributed by atoms with van der Waals surface area (Å²) in [6, 6.07) is 0. The van der Waals surface area contributed by atoms with Crippen LogP contribution in [0.15, 0.2) is 12.2 Å². The van der Waals surface area contributed by atoms with Crippen molar-refractivity contribution in [2.24, 2.45) is 0 Å². The first-order valence-electron chi connectivity index (χ1n) is 4.45. The van der Waals surface area contributed by atoms with Gasteiger partial charge in [0.25, 0.3) is 10.1 Å². The van der Waals surface area contributed by atoms with E-state index in [9.17, 15) is 13.2 Å². The highest BCUT2D eigenvalue weighted by atomic mass is 32.2. The second-order valence-electron chi connectivity index (χ2n) is 3.04. The summed E-state index contributed by atoms with van der Waals surface area (Å²) >= 11 is 0. The fraction of sp³-hybridized carbons (Fsp3) is 0.667. The largest absolute Gasteiger partial charge is 0.294 e. The molecule has 0 bridgehead atoms. The number of carbonyl (C=O) groups is 1. The molecule has 0 heterocycles. The molecule has 0 aliphatic heterocycles. The molecule has 0 fully saturated rings. The van der Waals surface area contributed by atoms with Gasteiger partial charge in [-0.2, -0.15) is 8.42 Å². The molecule has 0 aliphatic rings. The Kier molecular flexibility index (Phi) is 5.64. The van der Waals surface area contributed by atoms with Crippen LogP contribution in [0.1, 0.15) is 26.7 Å². The number of allylic oxidation sites excluding steroid dienone is 1. The zero-order chi connectivity index (χ0) is 11.2. The Morgan fingerprint density at radius 1 is 1.43 bits per heavy atom. The van der Waals surface area contributed by atoms with Crippen molar-refractivity contribution in [3.05, 3.63) is 12.2 Å². The molecule has 0 amide bonds. The van der Waals surface area contributed by atoms with Gasteiger partial charge in [0.15, 0.2) is 5.78 Å². The van der Waals surface area contributed by atoms with Gasteiger partial charge in [-0.1, -0.05) is 13.5 Å². The second kappa shape index (κ2) is 5.93. The van der Waals surface area contributed by atoms with E-state index in [2.05, 4.69) is 10.8 Å². The van der Waals surface area contributed by atoms with Crippen molar-refractivity contribution in [1.82, 2.24) is 0 Å². The van der Waals surface area contributed by atoms with Crippen LogP contribution in [0, 0.1) is 0 Å². The van der Waals surface area contributed by atoms with Crippen molar-refractivity contribution < 1.29 is 17.4 Å². The first-order chi connectivity index (χ1) is 6.39. The number of ketones is 1. The molecule has 0 aromatic carbocycles. The summed E-state index contributed by atoms with van der Waals surface area (Å²) in [7, 11) is -3.43. The number of Topliss-reactive ketones (excluding diaryl/α,β-unsaturated/α-hetero) is 1. The summed E-state index contributed by atoms with van der Waals surface area (Å²) in [4.78, 5) is 11.0. The Morgan fingerprint density at radius 3 is 2.43 bits per heavy atom. The highest BCUT2D eigenvalue weighted by Crippen LogP contribution is 2.00. The van der Waals surface area contributed by atoms with Crippen LogP contribution in [0.25, 0.3) is 0 Å². The summed E-state index contributed by atoms with van der Waals surface area (Å²) in [5.74, 6) is -0.175. The van der Waals surface area contributed by atoms with Crippen LogP contribution in [0.5, 0.6) is 0 Å². The van der Waals surface area contributed by atoms with E-state index in [1.807, 2.05) is 0 Å². The van der Waals surface area contributed by atoms with E-state index in [-0.39, 0.29) is 24.6 Å². The van der Waals surface area contributed by atoms with Gasteiger partial charge in [0.2, 0.25) is 0 Å².